The summed E-state index contributed by atoms with van der Waals surface area (Å²) in [5.41, 5.74) is 1.71. The van der Waals surface area contributed by atoms with Gasteiger partial charge in [0.05, 0.1) is 5.21 Å². The first-order chi connectivity index (χ1) is 10.7. The van der Waals surface area contributed by atoms with Gasteiger partial charge in [0, 0.05) is 6.92 Å². The van der Waals surface area contributed by atoms with Gasteiger partial charge in [-0.2, -0.15) is 0 Å². The van der Waals surface area contributed by atoms with Gasteiger partial charge in [-0.3, -0.25) is 4.79 Å². The van der Waals surface area contributed by atoms with Crippen LogP contribution in [0.15, 0.2) is 60.7 Å². The molecule has 0 saturated heterocycles. The third-order valence-electron chi connectivity index (χ3n) is 3.36. The van der Waals surface area contributed by atoms with Gasteiger partial charge in [-0.25, -0.2) is 0 Å². The molecule has 5 nitrogen and oxygen atoms in total. The van der Waals surface area contributed by atoms with Gasteiger partial charge < -0.3 is 5.11 Å². The molecule has 0 aliphatic carbocycles. The number of hydrogen-bond donors (Lipinski definition) is 0. The molecule has 1 aromatic heterocycles. The standard InChI is InChI=1S/C17H15N3O2/c1-13(21)16-17(22)20(15-10-6-3-7-11-15)18-19(16)12-14-8-4-2-5-9-14/h2-11H,12H2,1H3. The molecule has 0 radical (unpaired) electrons. The van der Waals surface area contributed by atoms with Crippen LogP contribution in [0.3, 0.4) is 0 Å². The van der Waals surface area contributed by atoms with Crippen molar-refractivity contribution in [2.24, 2.45) is 0 Å². The Morgan fingerprint density at radius 3 is 2.27 bits per heavy atom. The molecule has 0 amide bonds. The van der Waals surface area contributed by atoms with Crippen LogP contribution >= 0.6 is 0 Å². The summed E-state index contributed by atoms with van der Waals surface area (Å²) in [5.74, 6) is -0.683. The van der Waals surface area contributed by atoms with Gasteiger partial charge in [-0.1, -0.05) is 48.5 Å². The molecule has 0 aliphatic rings. The number of aromatic nitrogens is 3. The second-order valence-electron chi connectivity index (χ2n) is 4.99. The predicted molar refractivity (Wildman–Crippen MR) is 78.8 cm³/mol. The van der Waals surface area contributed by atoms with Gasteiger partial charge >= 0.3 is 0 Å². The molecule has 3 aromatic rings. The zero-order chi connectivity index (χ0) is 15.5. The Labute approximate surface area is 128 Å². The summed E-state index contributed by atoms with van der Waals surface area (Å²) >= 11 is 0. The van der Waals surface area contributed by atoms with Crippen molar-refractivity contribution in [1.29, 1.82) is 0 Å². The highest BCUT2D eigenvalue weighted by Crippen LogP contribution is 2.16. The number of Topliss-reactive ketones (excluding diaryl/α,β-unsaturated/α-hetero) is 1. The Kier molecular flexibility index (Phi) is 3.70. The van der Waals surface area contributed by atoms with E-state index in [0.29, 0.717) is 12.2 Å². The van der Waals surface area contributed by atoms with E-state index in [-0.39, 0.29) is 11.5 Å². The zero-order valence-electron chi connectivity index (χ0n) is 12.1. The molecule has 0 spiro atoms. The number of benzene rings is 2. The van der Waals surface area contributed by atoms with Crippen molar-refractivity contribution in [2.45, 2.75) is 13.5 Å². The van der Waals surface area contributed by atoms with E-state index in [4.69, 9.17) is 0 Å². The van der Waals surface area contributed by atoms with Crippen LogP contribution in [0.25, 0.3) is 5.69 Å². The van der Waals surface area contributed by atoms with E-state index < -0.39 is 5.88 Å². The van der Waals surface area contributed by atoms with E-state index in [0.717, 1.165) is 5.56 Å². The highest BCUT2D eigenvalue weighted by Gasteiger charge is 2.24. The summed E-state index contributed by atoms with van der Waals surface area (Å²) in [7, 11) is 0. The molecule has 0 atom stereocenters. The monoisotopic (exact) mass is 293 g/mol. The number of carbonyl (C=O) groups is 1. The van der Waals surface area contributed by atoms with Crippen LogP contribution in [-0.4, -0.2) is 15.7 Å². The lowest BCUT2D eigenvalue weighted by Gasteiger charge is -2.02. The minimum atomic E-state index is -0.394. The molecular weight excluding hydrogens is 278 g/mol. The molecule has 0 fully saturated rings. The van der Waals surface area contributed by atoms with Crippen molar-refractivity contribution >= 4 is 5.78 Å². The van der Waals surface area contributed by atoms with Crippen molar-refractivity contribution in [3.8, 4) is 11.6 Å². The molecule has 3 rings (SSSR count). The van der Waals surface area contributed by atoms with Gasteiger partial charge in [-0.15, -0.1) is 9.36 Å². The largest absolute Gasteiger partial charge is 0.837 e. The molecule has 110 valence electrons. The molecule has 2 aromatic carbocycles. The highest BCUT2D eigenvalue weighted by molar-refractivity contribution is 5.92. The molecule has 1 heterocycles. The number of rotatable bonds is 4. The first-order valence-corrected chi connectivity index (χ1v) is 6.97. The van der Waals surface area contributed by atoms with E-state index in [1.165, 1.54) is 16.3 Å². The summed E-state index contributed by atoms with van der Waals surface area (Å²) in [6.07, 6.45) is 0. The summed E-state index contributed by atoms with van der Waals surface area (Å²) in [4.78, 5) is 11.8. The number of para-hydroxylation sites is 1. The van der Waals surface area contributed by atoms with Gasteiger partial charge in [0.2, 0.25) is 11.5 Å². The Bertz CT molecular complexity index is 796. The van der Waals surface area contributed by atoms with Crippen molar-refractivity contribution < 1.29 is 14.6 Å². The average molecular weight is 293 g/mol. The molecule has 0 aliphatic heterocycles. The summed E-state index contributed by atoms with van der Waals surface area (Å²) in [6.45, 7) is 1.76. The fourth-order valence-electron chi connectivity index (χ4n) is 2.34. The molecule has 22 heavy (non-hydrogen) atoms. The minimum Gasteiger partial charge on any atom is -0.837 e. The number of hydrogen-bond acceptors (Lipinski definition) is 3. The van der Waals surface area contributed by atoms with Crippen LogP contribution < -0.4 is 9.79 Å². The van der Waals surface area contributed by atoms with E-state index >= 15 is 0 Å². The molecule has 0 N–H and O–H groups in total. The first kappa shape index (κ1) is 14.0. The van der Waals surface area contributed by atoms with Gasteiger partial charge in [0.25, 0.3) is 0 Å². The van der Waals surface area contributed by atoms with Gasteiger partial charge in [0.1, 0.15) is 12.4 Å². The van der Waals surface area contributed by atoms with Crippen molar-refractivity contribution in [2.75, 3.05) is 0 Å². The maximum atomic E-state index is 12.5. The second kappa shape index (κ2) is 5.81. The topological polar surface area (TPSA) is 61.8 Å². The van der Waals surface area contributed by atoms with Crippen LogP contribution in [0.4, 0.5) is 0 Å². The van der Waals surface area contributed by atoms with Crippen LogP contribution in [-0.2, 0) is 6.54 Å². The maximum Gasteiger partial charge on any atom is 0.227 e. The second-order valence-corrected chi connectivity index (χ2v) is 4.99. The molecule has 5 heteroatoms. The van der Waals surface area contributed by atoms with Crippen molar-refractivity contribution in [3.05, 3.63) is 71.9 Å². The summed E-state index contributed by atoms with van der Waals surface area (Å²) in [5, 5.41) is 16.8. The molecule has 0 saturated carbocycles. The Morgan fingerprint density at radius 2 is 1.68 bits per heavy atom. The number of ketones is 1. The lowest BCUT2D eigenvalue weighted by atomic mass is 10.2. The van der Waals surface area contributed by atoms with Crippen LogP contribution in [0.5, 0.6) is 5.88 Å². The summed E-state index contributed by atoms with van der Waals surface area (Å²) < 4.78 is 2.73. The van der Waals surface area contributed by atoms with Crippen LogP contribution in [0.2, 0.25) is 0 Å². The molecular formula is C17H15N3O2. The van der Waals surface area contributed by atoms with Crippen LogP contribution in [0.1, 0.15) is 23.0 Å². The van der Waals surface area contributed by atoms with Gasteiger partial charge in [-0.05, 0) is 17.7 Å². The summed E-state index contributed by atoms with van der Waals surface area (Å²) in [6, 6.07) is 18.7. The zero-order valence-corrected chi connectivity index (χ0v) is 12.1. The lowest BCUT2D eigenvalue weighted by Crippen LogP contribution is -2.42. The predicted octanol–water partition coefficient (Wildman–Crippen LogP) is 1.48. The minimum absolute atomic E-state index is 0.0905. The molecule has 0 bridgehead atoms. The average Bonchev–Trinajstić information content (AvgIpc) is 2.85. The number of nitrogens with zero attached hydrogens (tertiary/aromatic N) is 3. The highest BCUT2D eigenvalue weighted by atomic mass is 16.3. The van der Waals surface area contributed by atoms with E-state index in [2.05, 4.69) is 5.21 Å². The third-order valence-corrected chi connectivity index (χ3v) is 3.36. The Balaban J connectivity index is 2.08. The maximum absolute atomic E-state index is 12.5. The smallest absolute Gasteiger partial charge is 0.227 e. The van der Waals surface area contributed by atoms with E-state index in [1.807, 2.05) is 48.5 Å². The quantitative estimate of drug-likeness (QED) is 0.541. The van der Waals surface area contributed by atoms with E-state index in [1.54, 1.807) is 12.1 Å². The lowest BCUT2D eigenvalue weighted by molar-refractivity contribution is -0.749. The number of carbonyl (C=O) groups excluding carboxylic acids is 1. The Morgan fingerprint density at radius 1 is 1.09 bits per heavy atom. The van der Waals surface area contributed by atoms with E-state index in [9.17, 15) is 9.90 Å². The van der Waals surface area contributed by atoms with Gasteiger partial charge in [0.15, 0.2) is 5.69 Å². The van der Waals surface area contributed by atoms with Crippen molar-refractivity contribution in [3.63, 3.8) is 0 Å². The SMILES string of the molecule is CC(=O)c1c([O-])n(-c2ccccc2)n[n+]1Cc1ccccc1. The van der Waals surface area contributed by atoms with Crippen molar-refractivity contribution in [1.82, 2.24) is 9.90 Å². The Hall–Kier alpha value is -2.95. The molecule has 0 unspecified atom stereocenters. The first-order valence-electron chi connectivity index (χ1n) is 6.97. The fourth-order valence-corrected chi connectivity index (χ4v) is 2.34. The normalized spacial score (nSPS) is 10.6. The fraction of sp³-hybridized carbons (Fsp3) is 0.118. The van der Waals surface area contributed by atoms with Crippen LogP contribution in [0, 0.1) is 0 Å². The third kappa shape index (κ3) is 2.61.